The van der Waals surface area contributed by atoms with Crippen molar-refractivity contribution >= 4 is 9.84 Å². The zero-order valence-corrected chi connectivity index (χ0v) is 13.2. The summed E-state index contributed by atoms with van der Waals surface area (Å²) in [7, 11) is -3.33. The smallest absolute Gasteiger partial charge is 0.153 e. The fourth-order valence-corrected chi connectivity index (χ4v) is 5.94. The molecule has 2 aliphatic carbocycles. The Hall–Kier alpha value is -0.600. The van der Waals surface area contributed by atoms with Gasteiger partial charge in [0.05, 0.1) is 22.3 Å². The van der Waals surface area contributed by atoms with Gasteiger partial charge in [-0.3, -0.25) is 0 Å². The molecule has 0 aromatic heterocycles. The van der Waals surface area contributed by atoms with Gasteiger partial charge in [-0.15, -0.1) is 0 Å². The molecule has 20 heavy (non-hydrogen) atoms. The molecule has 2 saturated carbocycles. The second-order valence-corrected chi connectivity index (χ2v) is 8.91. The van der Waals surface area contributed by atoms with Crippen LogP contribution in [-0.4, -0.2) is 30.6 Å². The third-order valence-electron chi connectivity index (χ3n) is 5.65. The Morgan fingerprint density at radius 1 is 1.25 bits per heavy atom. The Morgan fingerprint density at radius 2 is 1.85 bits per heavy atom. The summed E-state index contributed by atoms with van der Waals surface area (Å²) in [6, 6.07) is 2.33. The third kappa shape index (κ3) is 2.37. The van der Waals surface area contributed by atoms with E-state index in [0.29, 0.717) is 38.0 Å². The first-order valence-electron chi connectivity index (χ1n) is 7.61. The molecule has 114 valence electrons. The number of hydrogen-bond acceptors (Lipinski definition) is 4. The normalized spacial score (nSPS) is 42.3. The number of nitriles is 1. The van der Waals surface area contributed by atoms with Gasteiger partial charge in [-0.25, -0.2) is 8.42 Å². The highest BCUT2D eigenvalue weighted by atomic mass is 32.2. The monoisotopic (exact) mass is 299 g/mol. The molecule has 2 unspecified atom stereocenters. The minimum Gasteiger partial charge on any atom is -0.387 e. The van der Waals surface area contributed by atoms with E-state index in [0.717, 1.165) is 19.3 Å². The van der Waals surface area contributed by atoms with Crippen LogP contribution in [0.1, 0.15) is 58.3 Å². The summed E-state index contributed by atoms with van der Waals surface area (Å²) in [6.07, 6.45) is 6.99. The van der Waals surface area contributed by atoms with E-state index in [4.69, 9.17) is 0 Å². The van der Waals surface area contributed by atoms with Crippen LogP contribution in [0.4, 0.5) is 0 Å². The van der Waals surface area contributed by atoms with Gasteiger partial charge in [0.15, 0.2) is 9.84 Å². The lowest BCUT2D eigenvalue weighted by molar-refractivity contribution is -0.0700. The SMILES string of the molecule is CCC1CCC(C#N)(C2(O)CCCC2S(C)(=O)=O)CC1. The Kier molecular flexibility index (Phi) is 4.19. The Balaban J connectivity index is 2.34. The van der Waals surface area contributed by atoms with Gasteiger partial charge in [-0.2, -0.15) is 5.26 Å². The summed E-state index contributed by atoms with van der Waals surface area (Å²) in [5.41, 5.74) is -2.23. The molecule has 0 amide bonds. The van der Waals surface area contributed by atoms with Crippen molar-refractivity contribution in [3.05, 3.63) is 0 Å². The number of rotatable bonds is 3. The van der Waals surface area contributed by atoms with Crippen molar-refractivity contribution in [1.82, 2.24) is 0 Å². The summed E-state index contributed by atoms with van der Waals surface area (Å²) in [6.45, 7) is 2.15. The van der Waals surface area contributed by atoms with Gasteiger partial charge in [0.1, 0.15) is 0 Å². The molecule has 0 aliphatic heterocycles. The van der Waals surface area contributed by atoms with E-state index in [2.05, 4.69) is 13.0 Å². The van der Waals surface area contributed by atoms with Crippen LogP contribution in [0.15, 0.2) is 0 Å². The number of nitrogens with zero attached hydrogens (tertiary/aromatic N) is 1. The summed E-state index contributed by atoms with van der Waals surface area (Å²) in [5, 5.41) is 20.1. The van der Waals surface area contributed by atoms with Crippen molar-refractivity contribution in [2.45, 2.75) is 69.1 Å². The van der Waals surface area contributed by atoms with Crippen LogP contribution in [0, 0.1) is 22.7 Å². The van der Waals surface area contributed by atoms with Crippen LogP contribution in [0.5, 0.6) is 0 Å². The lowest BCUT2D eigenvalue weighted by atomic mass is 9.61. The highest BCUT2D eigenvalue weighted by molar-refractivity contribution is 7.91. The predicted molar refractivity (Wildman–Crippen MR) is 77.7 cm³/mol. The number of aliphatic hydroxyl groups is 1. The van der Waals surface area contributed by atoms with Crippen molar-refractivity contribution in [3.63, 3.8) is 0 Å². The van der Waals surface area contributed by atoms with Gasteiger partial charge in [0.25, 0.3) is 0 Å². The Bertz CT molecular complexity index is 500. The molecule has 5 heteroatoms. The van der Waals surface area contributed by atoms with Crippen molar-refractivity contribution in [2.24, 2.45) is 11.3 Å². The second kappa shape index (κ2) is 5.31. The molecule has 0 bridgehead atoms. The van der Waals surface area contributed by atoms with Crippen LogP contribution in [-0.2, 0) is 9.84 Å². The van der Waals surface area contributed by atoms with Crippen LogP contribution in [0.3, 0.4) is 0 Å². The Morgan fingerprint density at radius 3 is 2.30 bits per heavy atom. The first-order valence-corrected chi connectivity index (χ1v) is 9.57. The Labute approximate surface area is 122 Å². The largest absolute Gasteiger partial charge is 0.387 e. The number of sulfone groups is 1. The molecule has 4 nitrogen and oxygen atoms in total. The molecule has 0 saturated heterocycles. The van der Waals surface area contributed by atoms with Crippen molar-refractivity contribution in [1.29, 1.82) is 5.26 Å². The molecule has 2 aliphatic rings. The minimum atomic E-state index is -3.33. The molecule has 0 aromatic carbocycles. The maximum Gasteiger partial charge on any atom is 0.153 e. The van der Waals surface area contributed by atoms with E-state index < -0.39 is 26.1 Å². The fraction of sp³-hybridized carbons (Fsp3) is 0.933. The molecule has 2 rings (SSSR count). The maximum atomic E-state index is 12.0. The summed E-state index contributed by atoms with van der Waals surface area (Å²) in [4.78, 5) is 0. The van der Waals surface area contributed by atoms with Crippen molar-refractivity contribution < 1.29 is 13.5 Å². The summed E-state index contributed by atoms with van der Waals surface area (Å²) in [5.74, 6) is 0.609. The van der Waals surface area contributed by atoms with Crippen molar-refractivity contribution in [3.8, 4) is 6.07 Å². The molecule has 0 aromatic rings. The van der Waals surface area contributed by atoms with Crippen molar-refractivity contribution in [2.75, 3.05) is 6.26 Å². The highest BCUT2D eigenvalue weighted by Crippen LogP contribution is 2.54. The van der Waals surface area contributed by atoms with Crippen LogP contribution >= 0.6 is 0 Å². The van der Waals surface area contributed by atoms with E-state index in [1.165, 1.54) is 6.26 Å². The zero-order chi connectivity index (χ0) is 15.0. The third-order valence-corrected chi connectivity index (χ3v) is 7.31. The molecule has 2 atom stereocenters. The minimum absolute atomic E-state index is 0.440. The van der Waals surface area contributed by atoms with Gasteiger partial charge in [-0.05, 0) is 50.9 Å². The van der Waals surface area contributed by atoms with Gasteiger partial charge >= 0.3 is 0 Å². The standard InChI is InChI=1S/C15H25NO3S/c1-3-12-6-9-14(11-16,10-7-12)15(17)8-4-5-13(15)20(2,18)19/h12-13,17H,3-10H2,1-2H3. The topological polar surface area (TPSA) is 78.2 Å². The number of hydrogen-bond donors (Lipinski definition) is 1. The molecule has 1 N–H and O–H groups in total. The summed E-state index contributed by atoms with van der Waals surface area (Å²) >= 11 is 0. The molecule has 2 fully saturated rings. The van der Waals surface area contributed by atoms with Crippen LogP contribution < -0.4 is 0 Å². The first kappa shape index (κ1) is 15.8. The fourth-order valence-electron chi connectivity index (χ4n) is 4.29. The second-order valence-electron chi connectivity index (χ2n) is 6.68. The van der Waals surface area contributed by atoms with E-state index in [1.54, 1.807) is 0 Å². The van der Waals surface area contributed by atoms with Crippen LogP contribution in [0.25, 0.3) is 0 Å². The highest BCUT2D eigenvalue weighted by Gasteiger charge is 2.60. The van der Waals surface area contributed by atoms with Gasteiger partial charge in [-0.1, -0.05) is 13.3 Å². The summed E-state index contributed by atoms with van der Waals surface area (Å²) < 4.78 is 24.0. The van der Waals surface area contributed by atoms with Gasteiger partial charge in [0, 0.05) is 6.26 Å². The van der Waals surface area contributed by atoms with Gasteiger partial charge in [0.2, 0.25) is 0 Å². The lowest BCUT2D eigenvalue weighted by Crippen LogP contribution is -2.56. The molecule has 0 heterocycles. The average Bonchev–Trinajstić information content (AvgIpc) is 2.82. The first-order chi connectivity index (χ1) is 9.29. The van der Waals surface area contributed by atoms with E-state index in [9.17, 15) is 18.8 Å². The molecular weight excluding hydrogens is 274 g/mol. The van der Waals surface area contributed by atoms with E-state index in [-0.39, 0.29) is 0 Å². The van der Waals surface area contributed by atoms with Crippen LogP contribution in [0.2, 0.25) is 0 Å². The predicted octanol–water partition coefficient (Wildman–Crippen LogP) is 2.42. The molecule has 0 spiro atoms. The molecular formula is C15H25NO3S. The lowest BCUT2D eigenvalue weighted by Gasteiger charge is -2.47. The van der Waals surface area contributed by atoms with E-state index >= 15 is 0 Å². The quantitative estimate of drug-likeness (QED) is 0.868. The molecule has 0 radical (unpaired) electrons. The van der Waals surface area contributed by atoms with E-state index in [1.807, 2.05) is 0 Å². The zero-order valence-electron chi connectivity index (χ0n) is 12.4. The average molecular weight is 299 g/mol. The van der Waals surface area contributed by atoms with Gasteiger partial charge < -0.3 is 5.11 Å². The maximum absolute atomic E-state index is 12.0.